The zero-order chi connectivity index (χ0) is 10.6. The third kappa shape index (κ3) is 3.29. The molecule has 14 heavy (non-hydrogen) atoms. The summed E-state index contributed by atoms with van der Waals surface area (Å²) < 4.78 is 5.66. The Labute approximate surface area is 85.5 Å². The lowest BCUT2D eigenvalue weighted by atomic mass is 9.97. The van der Waals surface area contributed by atoms with Crippen molar-refractivity contribution in [3.63, 3.8) is 0 Å². The molecule has 0 bridgehead atoms. The van der Waals surface area contributed by atoms with E-state index in [0.717, 1.165) is 32.1 Å². The van der Waals surface area contributed by atoms with E-state index >= 15 is 0 Å². The van der Waals surface area contributed by atoms with Crippen LogP contribution >= 0.6 is 0 Å². The van der Waals surface area contributed by atoms with Gasteiger partial charge in [0.1, 0.15) is 0 Å². The minimum atomic E-state index is -0.697. The highest BCUT2D eigenvalue weighted by atomic mass is 16.5. The van der Waals surface area contributed by atoms with Crippen LogP contribution in [0.1, 0.15) is 46.0 Å². The van der Waals surface area contributed by atoms with Gasteiger partial charge < -0.3 is 9.84 Å². The van der Waals surface area contributed by atoms with Gasteiger partial charge in [-0.3, -0.25) is 4.79 Å². The Kier molecular flexibility index (Phi) is 4.39. The Morgan fingerprint density at radius 3 is 2.50 bits per heavy atom. The fourth-order valence-corrected chi connectivity index (χ4v) is 2.07. The van der Waals surface area contributed by atoms with Gasteiger partial charge in [0, 0.05) is 0 Å². The fourth-order valence-electron chi connectivity index (χ4n) is 2.07. The van der Waals surface area contributed by atoms with Crippen LogP contribution in [0.3, 0.4) is 0 Å². The highest BCUT2D eigenvalue weighted by molar-refractivity contribution is 5.70. The number of rotatable bonds is 3. The minimum absolute atomic E-state index is 0.0741. The van der Waals surface area contributed by atoms with Gasteiger partial charge in [0.25, 0.3) is 0 Å². The Hall–Kier alpha value is -0.570. The average molecular weight is 200 g/mol. The van der Waals surface area contributed by atoms with E-state index in [0.29, 0.717) is 0 Å². The molecule has 3 heteroatoms. The van der Waals surface area contributed by atoms with Crippen molar-refractivity contribution in [2.24, 2.45) is 5.92 Å². The van der Waals surface area contributed by atoms with Crippen LogP contribution in [0.4, 0.5) is 0 Å². The van der Waals surface area contributed by atoms with Gasteiger partial charge in [-0.2, -0.15) is 0 Å². The second-order valence-corrected chi connectivity index (χ2v) is 4.31. The smallest absolute Gasteiger partial charge is 0.309 e. The van der Waals surface area contributed by atoms with E-state index in [4.69, 9.17) is 9.84 Å². The van der Waals surface area contributed by atoms with Crippen LogP contribution in [0, 0.1) is 5.92 Å². The molecule has 0 aromatic carbocycles. The molecule has 1 aliphatic rings. The molecule has 1 aliphatic carbocycles. The molecule has 1 N–H and O–H groups in total. The molecule has 0 aromatic heterocycles. The summed E-state index contributed by atoms with van der Waals surface area (Å²) >= 11 is 0. The Balaban J connectivity index is 2.59. The Morgan fingerprint density at radius 2 is 1.93 bits per heavy atom. The molecule has 1 fully saturated rings. The molecule has 1 saturated carbocycles. The predicted octanol–water partition coefficient (Wildman–Crippen LogP) is 2.44. The van der Waals surface area contributed by atoms with Gasteiger partial charge in [0.15, 0.2) is 0 Å². The number of carboxylic acid groups (broad SMARTS) is 1. The monoisotopic (exact) mass is 200 g/mol. The molecule has 2 unspecified atom stereocenters. The predicted molar refractivity (Wildman–Crippen MR) is 54.2 cm³/mol. The van der Waals surface area contributed by atoms with Crippen LogP contribution in [0.5, 0.6) is 0 Å². The maximum Gasteiger partial charge on any atom is 0.309 e. The molecule has 0 radical (unpaired) electrons. The summed E-state index contributed by atoms with van der Waals surface area (Å²) in [5.74, 6) is -0.988. The second-order valence-electron chi connectivity index (χ2n) is 4.31. The Morgan fingerprint density at radius 1 is 1.29 bits per heavy atom. The van der Waals surface area contributed by atoms with Crippen molar-refractivity contribution in [3.05, 3.63) is 0 Å². The summed E-state index contributed by atoms with van der Waals surface area (Å²) in [6.07, 6.45) is 4.98. The number of hydrogen-bond acceptors (Lipinski definition) is 2. The first-order chi connectivity index (χ1) is 6.61. The average Bonchev–Trinajstić information content (AvgIpc) is 2.28. The van der Waals surface area contributed by atoms with Crippen molar-refractivity contribution in [2.45, 2.75) is 58.2 Å². The van der Waals surface area contributed by atoms with Crippen LogP contribution in [0.25, 0.3) is 0 Å². The molecule has 0 aliphatic heterocycles. The molecular weight excluding hydrogens is 180 g/mol. The minimum Gasteiger partial charge on any atom is -0.481 e. The number of hydrogen-bond donors (Lipinski definition) is 1. The number of ether oxygens (including phenoxy) is 1. The van der Waals surface area contributed by atoms with Gasteiger partial charge in [-0.05, 0) is 26.7 Å². The number of carboxylic acids is 1. The zero-order valence-electron chi connectivity index (χ0n) is 9.03. The third-order valence-corrected chi connectivity index (χ3v) is 2.72. The molecule has 82 valence electrons. The highest BCUT2D eigenvalue weighted by Crippen LogP contribution is 2.26. The van der Waals surface area contributed by atoms with Crippen LogP contribution in [-0.2, 0) is 9.53 Å². The molecule has 1 rings (SSSR count). The largest absolute Gasteiger partial charge is 0.481 e. The fraction of sp³-hybridized carbons (Fsp3) is 0.909. The molecule has 2 atom stereocenters. The van der Waals surface area contributed by atoms with Crippen molar-refractivity contribution in [1.29, 1.82) is 0 Å². The quantitative estimate of drug-likeness (QED) is 0.712. The molecule has 0 amide bonds. The molecular formula is C11H20O3. The van der Waals surface area contributed by atoms with Crippen LogP contribution in [0.15, 0.2) is 0 Å². The molecule has 0 spiro atoms. The molecule has 3 nitrogen and oxygen atoms in total. The summed E-state index contributed by atoms with van der Waals surface area (Å²) in [5, 5.41) is 9.07. The Bertz CT molecular complexity index is 189. The SMILES string of the molecule is CC(C)OC1CCCCCC1C(=O)O. The summed E-state index contributed by atoms with van der Waals surface area (Å²) in [5.41, 5.74) is 0. The lowest BCUT2D eigenvalue weighted by Gasteiger charge is -2.24. The van der Waals surface area contributed by atoms with Crippen LogP contribution in [0.2, 0.25) is 0 Å². The highest BCUT2D eigenvalue weighted by Gasteiger charge is 2.30. The first-order valence-corrected chi connectivity index (χ1v) is 5.49. The lowest BCUT2D eigenvalue weighted by Crippen LogP contribution is -2.31. The van der Waals surface area contributed by atoms with Gasteiger partial charge in [-0.25, -0.2) is 0 Å². The van der Waals surface area contributed by atoms with Crippen LogP contribution in [-0.4, -0.2) is 23.3 Å². The van der Waals surface area contributed by atoms with Gasteiger partial charge in [0.05, 0.1) is 18.1 Å². The maximum atomic E-state index is 11.0. The third-order valence-electron chi connectivity index (χ3n) is 2.72. The van der Waals surface area contributed by atoms with Crippen molar-refractivity contribution >= 4 is 5.97 Å². The van der Waals surface area contributed by atoms with Gasteiger partial charge in [-0.1, -0.05) is 19.3 Å². The zero-order valence-corrected chi connectivity index (χ0v) is 9.03. The number of aliphatic carboxylic acids is 1. The van der Waals surface area contributed by atoms with E-state index in [1.807, 2.05) is 13.8 Å². The lowest BCUT2D eigenvalue weighted by molar-refractivity contribution is -0.149. The molecule has 0 aromatic rings. The normalized spacial score (nSPS) is 28.8. The summed E-state index contributed by atoms with van der Waals surface area (Å²) in [6, 6.07) is 0. The van der Waals surface area contributed by atoms with E-state index in [1.54, 1.807) is 0 Å². The number of carbonyl (C=O) groups is 1. The van der Waals surface area contributed by atoms with E-state index in [2.05, 4.69) is 0 Å². The first kappa shape index (κ1) is 11.5. The van der Waals surface area contributed by atoms with Crippen molar-refractivity contribution < 1.29 is 14.6 Å². The second kappa shape index (κ2) is 5.35. The first-order valence-electron chi connectivity index (χ1n) is 5.49. The van der Waals surface area contributed by atoms with E-state index < -0.39 is 5.97 Å². The topological polar surface area (TPSA) is 46.5 Å². The summed E-state index contributed by atoms with van der Waals surface area (Å²) in [6.45, 7) is 3.92. The summed E-state index contributed by atoms with van der Waals surface area (Å²) in [4.78, 5) is 11.0. The summed E-state index contributed by atoms with van der Waals surface area (Å²) in [7, 11) is 0. The van der Waals surface area contributed by atoms with Gasteiger partial charge >= 0.3 is 5.97 Å². The van der Waals surface area contributed by atoms with Crippen molar-refractivity contribution in [1.82, 2.24) is 0 Å². The van der Waals surface area contributed by atoms with E-state index in [1.165, 1.54) is 0 Å². The van der Waals surface area contributed by atoms with Gasteiger partial charge in [-0.15, -0.1) is 0 Å². The standard InChI is InChI=1S/C11H20O3/c1-8(2)14-10-7-5-3-4-6-9(10)11(12)13/h8-10H,3-7H2,1-2H3,(H,12,13). The van der Waals surface area contributed by atoms with E-state index in [9.17, 15) is 4.79 Å². The van der Waals surface area contributed by atoms with Crippen LogP contribution < -0.4 is 0 Å². The van der Waals surface area contributed by atoms with Crippen molar-refractivity contribution in [3.8, 4) is 0 Å². The molecule has 0 saturated heterocycles. The van der Waals surface area contributed by atoms with Crippen molar-refractivity contribution in [2.75, 3.05) is 0 Å². The molecule has 0 heterocycles. The maximum absolute atomic E-state index is 11.0. The van der Waals surface area contributed by atoms with Gasteiger partial charge in [0.2, 0.25) is 0 Å². The van der Waals surface area contributed by atoms with E-state index in [-0.39, 0.29) is 18.1 Å².